The number of anilines is 1. The van der Waals surface area contributed by atoms with Gasteiger partial charge in [0.15, 0.2) is 0 Å². The summed E-state index contributed by atoms with van der Waals surface area (Å²) in [5.74, 6) is -1.63. The minimum atomic E-state index is -1.25. The van der Waals surface area contributed by atoms with E-state index in [0.717, 1.165) is 6.07 Å². The zero-order valence-corrected chi connectivity index (χ0v) is 11.4. The molecule has 0 bridgehead atoms. The lowest BCUT2D eigenvalue weighted by molar-refractivity contribution is -0.111. The fraction of sp³-hybridized carbons (Fsp3) is 0. The van der Waals surface area contributed by atoms with Gasteiger partial charge in [-0.15, -0.1) is 0 Å². The van der Waals surface area contributed by atoms with Gasteiger partial charge in [0.05, 0.1) is 11.3 Å². The molecule has 2 rings (SSSR count). The highest BCUT2D eigenvalue weighted by atomic mass is 16.4. The van der Waals surface area contributed by atoms with Crippen molar-refractivity contribution in [3.05, 3.63) is 59.7 Å². The quantitative estimate of drug-likeness (QED) is 0.456. The van der Waals surface area contributed by atoms with E-state index in [9.17, 15) is 14.7 Å². The van der Waals surface area contributed by atoms with Gasteiger partial charge in [0.1, 0.15) is 5.75 Å². The summed E-state index contributed by atoms with van der Waals surface area (Å²) in [5, 5.41) is 28.2. The van der Waals surface area contributed by atoms with Crippen LogP contribution in [0, 0.1) is 0 Å². The molecule has 0 saturated heterocycles. The summed E-state index contributed by atoms with van der Waals surface area (Å²) in [6, 6.07) is 10.3. The van der Waals surface area contributed by atoms with E-state index >= 15 is 0 Å². The molecule has 112 valence electrons. The van der Waals surface area contributed by atoms with Crippen LogP contribution in [0.1, 0.15) is 15.9 Å². The molecule has 2 aromatic carbocycles. The van der Waals surface area contributed by atoms with Gasteiger partial charge in [0.2, 0.25) is 5.91 Å². The molecule has 5 N–H and O–H groups in total. The average Bonchev–Trinajstić information content (AvgIpc) is 2.47. The Labute approximate surface area is 126 Å². The fourth-order valence-corrected chi connectivity index (χ4v) is 1.81. The number of carboxylic acid groups (broad SMARTS) is 1. The van der Waals surface area contributed by atoms with Crippen molar-refractivity contribution in [1.82, 2.24) is 0 Å². The third-order valence-electron chi connectivity index (χ3n) is 2.81. The first-order valence-electron chi connectivity index (χ1n) is 6.33. The lowest BCUT2D eigenvalue weighted by atomic mass is 10.1. The van der Waals surface area contributed by atoms with E-state index in [2.05, 4.69) is 5.32 Å². The number of nitrogens with one attached hydrogen (secondary N) is 1. The molecule has 0 atom stereocenters. The van der Waals surface area contributed by atoms with Crippen LogP contribution < -0.4 is 5.32 Å². The number of carbonyl (C=O) groups is 2. The predicted octanol–water partition coefficient (Wildman–Crippen LogP) is 2.18. The highest BCUT2D eigenvalue weighted by Gasteiger charge is 2.12. The summed E-state index contributed by atoms with van der Waals surface area (Å²) in [6.45, 7) is 0. The van der Waals surface area contributed by atoms with Gasteiger partial charge in [-0.2, -0.15) is 0 Å². The SMILES string of the molecule is O=C(/C=C/c1cccc([OH2+])c1)Nc1ccc(O)cc1C(=O)O. The number of carboxylic acids is 1. The van der Waals surface area contributed by atoms with E-state index in [0.29, 0.717) is 11.3 Å². The molecule has 0 aliphatic carbocycles. The Bertz CT molecular complexity index is 752. The number of phenols is 1. The Hall–Kier alpha value is -3.28. The summed E-state index contributed by atoms with van der Waals surface area (Å²) < 4.78 is 0. The predicted molar refractivity (Wildman–Crippen MR) is 82.2 cm³/mol. The van der Waals surface area contributed by atoms with Gasteiger partial charge in [-0.05, 0) is 29.8 Å². The minimum absolute atomic E-state index is 0.0918. The fourth-order valence-electron chi connectivity index (χ4n) is 1.81. The van der Waals surface area contributed by atoms with E-state index < -0.39 is 11.9 Å². The zero-order valence-electron chi connectivity index (χ0n) is 11.4. The Balaban J connectivity index is 2.14. The normalized spacial score (nSPS) is 10.5. The number of amides is 1. The number of rotatable bonds is 4. The van der Waals surface area contributed by atoms with Crippen LogP contribution in [0.2, 0.25) is 0 Å². The molecule has 0 aliphatic rings. The molecule has 1 amide bonds. The van der Waals surface area contributed by atoms with Gasteiger partial charge in [-0.3, -0.25) is 4.79 Å². The number of aromatic carboxylic acids is 1. The summed E-state index contributed by atoms with van der Waals surface area (Å²) in [5.41, 5.74) is 0.580. The van der Waals surface area contributed by atoms with Crippen molar-refractivity contribution in [2.45, 2.75) is 0 Å². The van der Waals surface area contributed by atoms with Crippen molar-refractivity contribution in [3.8, 4) is 11.5 Å². The summed E-state index contributed by atoms with van der Waals surface area (Å²) >= 11 is 0. The first-order chi connectivity index (χ1) is 10.5. The molecule has 0 aliphatic heterocycles. The molecule has 0 fully saturated rings. The van der Waals surface area contributed by atoms with Gasteiger partial charge < -0.3 is 20.6 Å². The topological polar surface area (TPSA) is 110 Å². The number of aromatic hydroxyl groups is 1. The molecular weight excluding hydrogens is 286 g/mol. The molecule has 0 heterocycles. The molecule has 6 heteroatoms. The largest absolute Gasteiger partial charge is 0.593 e. The number of carbonyl (C=O) groups excluding carboxylic acids is 1. The Morgan fingerprint density at radius 2 is 1.91 bits per heavy atom. The maximum Gasteiger partial charge on any atom is 0.337 e. The standard InChI is InChI=1S/C16H13NO5/c18-11-3-1-2-10(8-11)4-7-15(20)17-14-6-5-12(19)9-13(14)16(21)22/h1-9,18-19H,(H,17,20)(H,21,22)/p+1/b7-4+. The number of phenolic OH excluding ortho intramolecular Hbond substituents is 1. The molecule has 0 unspecified atom stereocenters. The monoisotopic (exact) mass is 300 g/mol. The molecule has 0 radical (unpaired) electrons. The molecule has 2 aromatic rings. The van der Waals surface area contributed by atoms with Crippen molar-refractivity contribution in [1.29, 1.82) is 0 Å². The highest BCUT2D eigenvalue weighted by molar-refractivity contribution is 6.06. The van der Waals surface area contributed by atoms with Gasteiger partial charge in [-0.1, -0.05) is 12.1 Å². The van der Waals surface area contributed by atoms with Crippen molar-refractivity contribution in [3.63, 3.8) is 0 Å². The Morgan fingerprint density at radius 3 is 2.59 bits per heavy atom. The van der Waals surface area contributed by atoms with Gasteiger partial charge in [0.25, 0.3) is 5.75 Å². The molecule has 0 spiro atoms. The van der Waals surface area contributed by atoms with Crippen LogP contribution in [0.25, 0.3) is 6.08 Å². The van der Waals surface area contributed by atoms with Crippen LogP contribution in [0.3, 0.4) is 0 Å². The first kappa shape index (κ1) is 15.1. The summed E-state index contributed by atoms with van der Waals surface area (Å²) in [7, 11) is 0. The van der Waals surface area contributed by atoms with E-state index in [4.69, 9.17) is 10.2 Å². The van der Waals surface area contributed by atoms with Crippen LogP contribution in [0.5, 0.6) is 11.5 Å². The number of hydrogen-bond acceptors (Lipinski definition) is 3. The van der Waals surface area contributed by atoms with Crippen LogP contribution in [0.4, 0.5) is 5.69 Å². The van der Waals surface area contributed by atoms with E-state index in [1.54, 1.807) is 24.3 Å². The molecule has 0 aromatic heterocycles. The smallest absolute Gasteiger partial charge is 0.337 e. The van der Waals surface area contributed by atoms with Crippen LogP contribution >= 0.6 is 0 Å². The van der Waals surface area contributed by atoms with Crippen molar-refractivity contribution in [2.24, 2.45) is 0 Å². The maximum absolute atomic E-state index is 11.8. The van der Waals surface area contributed by atoms with E-state index in [1.165, 1.54) is 24.3 Å². The van der Waals surface area contributed by atoms with Crippen LogP contribution in [0.15, 0.2) is 48.5 Å². The second-order valence-electron chi connectivity index (χ2n) is 4.48. The van der Waals surface area contributed by atoms with E-state index in [-0.39, 0.29) is 17.0 Å². The number of hydrogen-bond donors (Lipinski definition) is 3. The molecule has 6 nitrogen and oxygen atoms in total. The van der Waals surface area contributed by atoms with Crippen LogP contribution in [-0.2, 0) is 4.79 Å². The highest BCUT2D eigenvalue weighted by Crippen LogP contribution is 2.21. The van der Waals surface area contributed by atoms with Crippen molar-refractivity contribution >= 4 is 23.6 Å². The van der Waals surface area contributed by atoms with Gasteiger partial charge >= 0.3 is 5.97 Å². The Kier molecular flexibility index (Phi) is 4.43. The van der Waals surface area contributed by atoms with Gasteiger partial charge in [0, 0.05) is 18.2 Å². The van der Waals surface area contributed by atoms with Crippen molar-refractivity contribution < 1.29 is 24.9 Å². The molecule has 22 heavy (non-hydrogen) atoms. The average molecular weight is 300 g/mol. The van der Waals surface area contributed by atoms with Gasteiger partial charge in [-0.25, -0.2) is 4.79 Å². The van der Waals surface area contributed by atoms with E-state index in [1.807, 2.05) is 0 Å². The second-order valence-corrected chi connectivity index (χ2v) is 4.48. The first-order valence-corrected chi connectivity index (χ1v) is 6.33. The third-order valence-corrected chi connectivity index (χ3v) is 2.81. The minimum Gasteiger partial charge on any atom is -0.593 e. The maximum atomic E-state index is 11.8. The number of benzene rings is 2. The summed E-state index contributed by atoms with van der Waals surface area (Å²) in [6.07, 6.45) is 2.77. The third kappa shape index (κ3) is 3.86. The lowest BCUT2D eigenvalue weighted by Crippen LogP contribution is -2.11. The Morgan fingerprint density at radius 1 is 1.14 bits per heavy atom. The summed E-state index contributed by atoms with van der Waals surface area (Å²) in [4.78, 5) is 22.9. The zero-order chi connectivity index (χ0) is 16.1. The van der Waals surface area contributed by atoms with Crippen molar-refractivity contribution in [2.75, 3.05) is 5.32 Å². The van der Waals surface area contributed by atoms with Crippen LogP contribution in [-0.4, -0.2) is 27.2 Å². The molecular formula is C16H14NO5+. The lowest BCUT2D eigenvalue weighted by Gasteiger charge is -2.06. The molecule has 0 saturated carbocycles. The second kappa shape index (κ2) is 6.45.